The first-order chi connectivity index (χ1) is 11.2. The number of benzene rings is 1. The number of aromatic nitrogens is 3. The van der Waals surface area contributed by atoms with Gasteiger partial charge < -0.3 is 10.4 Å². The van der Waals surface area contributed by atoms with Gasteiger partial charge in [-0.3, -0.25) is 4.79 Å². The monoisotopic (exact) mass is 308 g/mol. The van der Waals surface area contributed by atoms with E-state index in [1.54, 1.807) is 29.1 Å². The van der Waals surface area contributed by atoms with Crippen LogP contribution in [0.25, 0.3) is 5.82 Å². The summed E-state index contributed by atoms with van der Waals surface area (Å²) >= 11 is 0. The Bertz CT molecular complexity index is 828. The minimum absolute atomic E-state index is 0.0997. The Balaban J connectivity index is 1.91. The molecular formula is C17H16N4O2. The van der Waals surface area contributed by atoms with Crippen molar-refractivity contribution in [2.75, 3.05) is 5.32 Å². The lowest BCUT2D eigenvalue weighted by atomic mass is 10.2. The third-order valence-electron chi connectivity index (χ3n) is 3.42. The number of amides is 1. The summed E-state index contributed by atoms with van der Waals surface area (Å²) < 4.78 is 1.66. The Morgan fingerprint density at radius 2 is 2.13 bits per heavy atom. The molecule has 0 saturated heterocycles. The van der Waals surface area contributed by atoms with Gasteiger partial charge in [0.1, 0.15) is 5.75 Å². The zero-order chi connectivity index (χ0) is 16.2. The Hall–Kier alpha value is -3.15. The lowest BCUT2D eigenvalue weighted by Crippen LogP contribution is -2.14. The van der Waals surface area contributed by atoms with Crippen molar-refractivity contribution in [2.45, 2.75) is 13.3 Å². The van der Waals surface area contributed by atoms with Crippen LogP contribution in [-0.2, 0) is 6.42 Å². The third-order valence-corrected chi connectivity index (χ3v) is 3.42. The van der Waals surface area contributed by atoms with Gasteiger partial charge in [0.25, 0.3) is 5.91 Å². The maximum atomic E-state index is 12.5. The maximum Gasteiger partial charge on any atom is 0.259 e. The number of anilines is 1. The number of hydrogen-bond donors (Lipinski definition) is 2. The van der Waals surface area contributed by atoms with Gasteiger partial charge in [0.15, 0.2) is 5.82 Å². The van der Waals surface area contributed by atoms with Crippen molar-refractivity contribution in [1.82, 2.24) is 14.8 Å². The number of aromatic hydroxyl groups is 1. The molecule has 0 bridgehead atoms. The summed E-state index contributed by atoms with van der Waals surface area (Å²) in [6.45, 7) is 1.96. The standard InChI is InChI=1S/C17H16N4O2/c1-2-15-14(11-19-21(15)16-8-3-4-9-18-16)17(23)20-12-6-5-7-13(22)10-12/h3-11,22H,2H2,1H3,(H,20,23). The molecule has 3 aromatic rings. The molecule has 0 aliphatic carbocycles. The van der Waals surface area contributed by atoms with Crippen LogP contribution in [-0.4, -0.2) is 25.8 Å². The summed E-state index contributed by atoms with van der Waals surface area (Å²) in [5, 5.41) is 16.5. The van der Waals surface area contributed by atoms with E-state index >= 15 is 0 Å². The van der Waals surface area contributed by atoms with Crippen molar-refractivity contribution < 1.29 is 9.90 Å². The molecule has 6 heteroatoms. The van der Waals surface area contributed by atoms with Crippen LogP contribution in [0.4, 0.5) is 5.69 Å². The van der Waals surface area contributed by atoms with E-state index in [1.807, 2.05) is 25.1 Å². The number of pyridine rings is 1. The number of hydrogen-bond acceptors (Lipinski definition) is 4. The van der Waals surface area contributed by atoms with Gasteiger partial charge >= 0.3 is 0 Å². The minimum atomic E-state index is -0.269. The van der Waals surface area contributed by atoms with Gasteiger partial charge in [-0.2, -0.15) is 5.10 Å². The highest BCUT2D eigenvalue weighted by Crippen LogP contribution is 2.19. The number of rotatable bonds is 4. The molecule has 0 spiro atoms. The summed E-state index contributed by atoms with van der Waals surface area (Å²) in [5.74, 6) is 0.498. The predicted molar refractivity (Wildman–Crippen MR) is 86.8 cm³/mol. The van der Waals surface area contributed by atoms with Crippen LogP contribution in [0.15, 0.2) is 54.9 Å². The first-order valence-corrected chi connectivity index (χ1v) is 7.27. The zero-order valence-electron chi connectivity index (χ0n) is 12.6. The molecule has 0 saturated carbocycles. The van der Waals surface area contributed by atoms with Gasteiger partial charge in [-0.15, -0.1) is 0 Å². The molecule has 2 heterocycles. The third kappa shape index (κ3) is 3.06. The summed E-state index contributed by atoms with van der Waals surface area (Å²) in [4.78, 5) is 16.7. The molecule has 1 aromatic carbocycles. The zero-order valence-corrected chi connectivity index (χ0v) is 12.6. The van der Waals surface area contributed by atoms with Crippen LogP contribution in [0.5, 0.6) is 5.75 Å². The number of carbonyl (C=O) groups excluding carboxylic acids is 1. The number of carbonyl (C=O) groups is 1. The van der Waals surface area contributed by atoms with Crippen LogP contribution < -0.4 is 5.32 Å². The summed E-state index contributed by atoms with van der Waals surface area (Å²) in [5.41, 5.74) is 1.80. The van der Waals surface area contributed by atoms with Gasteiger partial charge in [0.2, 0.25) is 0 Å². The highest BCUT2D eigenvalue weighted by atomic mass is 16.3. The smallest absolute Gasteiger partial charge is 0.259 e. The lowest BCUT2D eigenvalue weighted by Gasteiger charge is -2.08. The van der Waals surface area contributed by atoms with Crippen molar-refractivity contribution >= 4 is 11.6 Å². The van der Waals surface area contributed by atoms with Gasteiger partial charge in [-0.25, -0.2) is 9.67 Å². The van der Waals surface area contributed by atoms with E-state index < -0.39 is 0 Å². The minimum Gasteiger partial charge on any atom is -0.508 e. The fraction of sp³-hybridized carbons (Fsp3) is 0.118. The van der Waals surface area contributed by atoms with Crippen molar-refractivity contribution in [1.29, 1.82) is 0 Å². The average Bonchev–Trinajstić information content (AvgIpc) is 2.99. The Morgan fingerprint density at radius 3 is 2.83 bits per heavy atom. The second kappa shape index (κ2) is 6.31. The molecular weight excluding hydrogens is 292 g/mol. The quantitative estimate of drug-likeness (QED) is 0.776. The van der Waals surface area contributed by atoms with Gasteiger partial charge in [-0.05, 0) is 30.7 Å². The molecule has 0 radical (unpaired) electrons. The van der Waals surface area contributed by atoms with Crippen LogP contribution in [0.1, 0.15) is 23.0 Å². The van der Waals surface area contributed by atoms with Crippen molar-refractivity contribution in [3.05, 3.63) is 66.1 Å². The molecule has 2 aromatic heterocycles. The largest absolute Gasteiger partial charge is 0.508 e. The first kappa shape index (κ1) is 14.8. The Labute approximate surface area is 133 Å². The molecule has 2 N–H and O–H groups in total. The number of nitrogens with one attached hydrogen (secondary N) is 1. The van der Waals surface area contributed by atoms with Crippen molar-refractivity contribution in [2.24, 2.45) is 0 Å². The van der Waals surface area contributed by atoms with Gasteiger partial charge in [0, 0.05) is 18.0 Å². The summed E-state index contributed by atoms with van der Waals surface area (Å²) in [7, 11) is 0. The first-order valence-electron chi connectivity index (χ1n) is 7.27. The van der Waals surface area contributed by atoms with E-state index in [0.29, 0.717) is 23.5 Å². The van der Waals surface area contributed by atoms with Gasteiger partial charge in [-0.1, -0.05) is 19.1 Å². The number of nitrogens with zero attached hydrogens (tertiary/aromatic N) is 3. The molecule has 1 amide bonds. The molecule has 116 valence electrons. The molecule has 23 heavy (non-hydrogen) atoms. The Kier molecular flexibility index (Phi) is 4.05. The molecule has 0 atom stereocenters. The molecule has 0 fully saturated rings. The lowest BCUT2D eigenvalue weighted by molar-refractivity contribution is 0.102. The van der Waals surface area contributed by atoms with E-state index in [9.17, 15) is 9.90 Å². The predicted octanol–water partition coefficient (Wildman–Crippen LogP) is 2.79. The molecule has 3 rings (SSSR count). The fourth-order valence-electron chi connectivity index (χ4n) is 2.36. The molecule has 0 unspecified atom stereocenters. The van der Waals surface area contributed by atoms with E-state index in [4.69, 9.17) is 0 Å². The topological polar surface area (TPSA) is 80.0 Å². The van der Waals surface area contributed by atoms with E-state index in [2.05, 4.69) is 15.4 Å². The van der Waals surface area contributed by atoms with E-state index in [-0.39, 0.29) is 11.7 Å². The second-order valence-electron chi connectivity index (χ2n) is 4.96. The highest BCUT2D eigenvalue weighted by molar-refractivity contribution is 6.05. The molecule has 0 aliphatic rings. The average molecular weight is 308 g/mol. The van der Waals surface area contributed by atoms with Crippen LogP contribution >= 0.6 is 0 Å². The summed E-state index contributed by atoms with van der Waals surface area (Å²) in [6, 6.07) is 12.0. The van der Waals surface area contributed by atoms with E-state index in [0.717, 1.165) is 5.69 Å². The van der Waals surface area contributed by atoms with Crippen molar-refractivity contribution in [3.8, 4) is 11.6 Å². The normalized spacial score (nSPS) is 10.5. The number of phenolic OH excluding ortho intramolecular Hbond substituents is 1. The van der Waals surface area contributed by atoms with Crippen LogP contribution in [0, 0.1) is 0 Å². The molecule has 6 nitrogen and oxygen atoms in total. The SMILES string of the molecule is CCc1c(C(=O)Nc2cccc(O)c2)cnn1-c1ccccn1. The van der Waals surface area contributed by atoms with Crippen LogP contribution in [0.2, 0.25) is 0 Å². The molecule has 0 aliphatic heterocycles. The Morgan fingerprint density at radius 1 is 1.26 bits per heavy atom. The second-order valence-corrected chi connectivity index (χ2v) is 4.96. The summed E-state index contributed by atoms with van der Waals surface area (Å²) in [6.07, 6.45) is 3.86. The number of phenols is 1. The van der Waals surface area contributed by atoms with E-state index in [1.165, 1.54) is 12.3 Å². The highest BCUT2D eigenvalue weighted by Gasteiger charge is 2.17. The van der Waals surface area contributed by atoms with Crippen molar-refractivity contribution in [3.63, 3.8) is 0 Å². The van der Waals surface area contributed by atoms with Crippen LogP contribution in [0.3, 0.4) is 0 Å². The van der Waals surface area contributed by atoms with Gasteiger partial charge in [0.05, 0.1) is 17.5 Å². The maximum absolute atomic E-state index is 12.5. The fourth-order valence-corrected chi connectivity index (χ4v) is 2.36.